The number of hydrogen-bond donors (Lipinski definition) is 0. The molecule has 1 heterocycles. The van der Waals surface area contributed by atoms with Crippen LogP contribution in [0.25, 0.3) is 11.0 Å². The Hall–Kier alpha value is -2.66. The summed E-state index contributed by atoms with van der Waals surface area (Å²) in [5.74, 6) is 0.299. The molecule has 0 aliphatic rings. The lowest BCUT2D eigenvalue weighted by Gasteiger charge is -2.08. The molecule has 0 bridgehead atoms. The zero-order valence-corrected chi connectivity index (χ0v) is 13.3. The Labute approximate surface area is 138 Å². The molecule has 0 fully saturated rings. The average Bonchev–Trinajstić information content (AvgIpc) is 2.59. The highest BCUT2D eigenvalue weighted by molar-refractivity contribution is 7.71. The Morgan fingerprint density at radius 2 is 1.91 bits per heavy atom. The molecule has 0 unspecified atom stereocenters. The summed E-state index contributed by atoms with van der Waals surface area (Å²) in [6, 6.07) is 16.0. The van der Waals surface area contributed by atoms with Crippen LogP contribution in [0.4, 0.5) is 0 Å². The van der Waals surface area contributed by atoms with E-state index >= 15 is 0 Å². The molecule has 3 aromatic rings. The van der Waals surface area contributed by atoms with E-state index in [1.165, 1.54) is 0 Å². The molecular formula is C18H14O4S. The normalized spacial score (nSPS) is 10.5. The number of carbonyl (C=O) groups excluding carboxylic acids is 1. The zero-order valence-electron chi connectivity index (χ0n) is 12.4. The molecule has 5 heteroatoms. The third-order valence-corrected chi connectivity index (χ3v) is 3.61. The van der Waals surface area contributed by atoms with E-state index in [0.717, 1.165) is 10.9 Å². The van der Waals surface area contributed by atoms with E-state index in [2.05, 4.69) is 0 Å². The zero-order chi connectivity index (χ0) is 16.2. The van der Waals surface area contributed by atoms with Crippen molar-refractivity contribution in [3.8, 4) is 5.75 Å². The Kier molecular flexibility index (Phi) is 4.39. The molecule has 23 heavy (non-hydrogen) atoms. The molecule has 1 aromatic heterocycles. The molecule has 0 radical (unpaired) electrons. The van der Waals surface area contributed by atoms with Gasteiger partial charge in [0.2, 0.25) is 0 Å². The second-order valence-corrected chi connectivity index (χ2v) is 5.30. The number of fused-ring (bicyclic) bond motifs is 1. The fraction of sp³-hybridized carbons (Fsp3) is 0.111. The summed E-state index contributed by atoms with van der Waals surface area (Å²) >= 11 is 5.13. The van der Waals surface area contributed by atoms with Crippen LogP contribution in [0.1, 0.15) is 15.9 Å². The lowest BCUT2D eigenvalue weighted by Crippen LogP contribution is -2.05. The molecule has 116 valence electrons. The first-order chi connectivity index (χ1) is 11.2. The van der Waals surface area contributed by atoms with Crippen molar-refractivity contribution in [2.24, 2.45) is 0 Å². The van der Waals surface area contributed by atoms with Crippen LogP contribution in [0.2, 0.25) is 0 Å². The minimum absolute atomic E-state index is 0.122. The summed E-state index contributed by atoms with van der Waals surface area (Å²) in [5.41, 5.74) is 1.91. The van der Waals surface area contributed by atoms with Crippen molar-refractivity contribution in [2.75, 3.05) is 7.11 Å². The van der Waals surface area contributed by atoms with Crippen molar-refractivity contribution in [3.05, 3.63) is 70.4 Å². The highest BCUT2D eigenvalue weighted by atomic mass is 32.1. The number of ether oxygens (including phenoxy) is 2. The van der Waals surface area contributed by atoms with Gasteiger partial charge in [-0.1, -0.05) is 18.2 Å². The molecule has 2 aromatic carbocycles. The molecule has 0 atom stereocenters. The van der Waals surface area contributed by atoms with Crippen LogP contribution in [0.15, 0.2) is 59.0 Å². The first-order valence-electron chi connectivity index (χ1n) is 7.00. The summed E-state index contributed by atoms with van der Waals surface area (Å²) < 4.78 is 16.4. The minimum atomic E-state index is -0.376. The summed E-state index contributed by atoms with van der Waals surface area (Å²) in [7, 11) is 1.58. The van der Waals surface area contributed by atoms with Gasteiger partial charge < -0.3 is 13.9 Å². The van der Waals surface area contributed by atoms with E-state index in [0.29, 0.717) is 21.6 Å². The highest BCUT2D eigenvalue weighted by Gasteiger charge is 2.10. The van der Waals surface area contributed by atoms with Crippen molar-refractivity contribution in [1.29, 1.82) is 0 Å². The smallest absolute Gasteiger partial charge is 0.338 e. The summed E-state index contributed by atoms with van der Waals surface area (Å²) in [4.78, 5) is 12.0. The van der Waals surface area contributed by atoms with Gasteiger partial charge >= 0.3 is 5.97 Å². The fourth-order valence-corrected chi connectivity index (χ4v) is 2.49. The largest absolute Gasteiger partial charge is 0.497 e. The number of methoxy groups -OCH3 is 1. The number of rotatable bonds is 4. The van der Waals surface area contributed by atoms with Crippen LogP contribution >= 0.6 is 12.2 Å². The van der Waals surface area contributed by atoms with Crippen LogP contribution in [0.5, 0.6) is 5.75 Å². The van der Waals surface area contributed by atoms with Gasteiger partial charge in [-0.25, -0.2) is 4.79 Å². The molecule has 0 saturated carbocycles. The van der Waals surface area contributed by atoms with Crippen molar-refractivity contribution < 1.29 is 18.7 Å². The SMILES string of the molecule is COc1ccc2c(COC(=O)c3ccccc3)cc(=S)oc2c1. The predicted octanol–water partition coefficient (Wildman–Crippen LogP) is 4.53. The minimum Gasteiger partial charge on any atom is -0.497 e. The summed E-state index contributed by atoms with van der Waals surface area (Å²) in [5, 5.41) is 0.834. The van der Waals surface area contributed by atoms with E-state index in [9.17, 15) is 4.79 Å². The molecule has 0 aliphatic heterocycles. The number of carbonyl (C=O) groups is 1. The second-order valence-electron chi connectivity index (χ2n) is 4.89. The molecular weight excluding hydrogens is 312 g/mol. The number of benzene rings is 2. The van der Waals surface area contributed by atoms with Gasteiger partial charge in [0.25, 0.3) is 0 Å². The molecule has 4 nitrogen and oxygen atoms in total. The standard InChI is InChI=1S/C18H14O4S/c1-20-14-7-8-15-13(9-17(23)22-16(15)10-14)11-21-18(19)12-5-3-2-4-6-12/h2-10H,11H2,1H3. The van der Waals surface area contributed by atoms with Crippen LogP contribution < -0.4 is 4.74 Å². The quantitative estimate of drug-likeness (QED) is 0.521. The molecule has 0 saturated heterocycles. The highest BCUT2D eigenvalue weighted by Crippen LogP contribution is 2.25. The van der Waals surface area contributed by atoms with Crippen molar-refractivity contribution >= 4 is 29.2 Å². The summed E-state index contributed by atoms with van der Waals surface area (Å²) in [6.45, 7) is 0.122. The molecule has 0 N–H and O–H groups in total. The maximum Gasteiger partial charge on any atom is 0.338 e. The second kappa shape index (κ2) is 6.62. The van der Waals surface area contributed by atoms with Gasteiger partial charge in [0.1, 0.15) is 17.9 Å². The van der Waals surface area contributed by atoms with Crippen LogP contribution in [0.3, 0.4) is 0 Å². The first-order valence-corrected chi connectivity index (χ1v) is 7.41. The van der Waals surface area contributed by atoms with Crippen molar-refractivity contribution in [1.82, 2.24) is 0 Å². The van der Waals surface area contributed by atoms with E-state index in [4.69, 9.17) is 26.1 Å². The van der Waals surface area contributed by atoms with Gasteiger partial charge in [0.15, 0.2) is 4.71 Å². The number of hydrogen-bond acceptors (Lipinski definition) is 5. The van der Waals surface area contributed by atoms with Crippen molar-refractivity contribution in [3.63, 3.8) is 0 Å². The Balaban J connectivity index is 1.88. The molecule has 0 amide bonds. The van der Waals surface area contributed by atoms with Gasteiger partial charge in [-0.2, -0.15) is 0 Å². The van der Waals surface area contributed by atoms with E-state index in [-0.39, 0.29) is 12.6 Å². The first kappa shape index (κ1) is 15.2. The maximum absolute atomic E-state index is 12.0. The van der Waals surface area contributed by atoms with E-state index < -0.39 is 0 Å². The van der Waals surface area contributed by atoms with Gasteiger partial charge in [-0.3, -0.25) is 0 Å². The van der Waals surface area contributed by atoms with Crippen molar-refractivity contribution in [2.45, 2.75) is 6.61 Å². The predicted molar refractivity (Wildman–Crippen MR) is 89.2 cm³/mol. The fourth-order valence-electron chi connectivity index (χ4n) is 2.26. The monoisotopic (exact) mass is 326 g/mol. The lowest BCUT2D eigenvalue weighted by atomic mass is 10.1. The van der Waals surface area contributed by atoms with E-state index in [1.54, 1.807) is 43.5 Å². The van der Waals surface area contributed by atoms with Crippen LogP contribution in [-0.2, 0) is 11.3 Å². The van der Waals surface area contributed by atoms with Crippen LogP contribution in [0, 0.1) is 4.71 Å². The number of esters is 1. The Morgan fingerprint density at radius 3 is 2.65 bits per heavy atom. The van der Waals surface area contributed by atoms with E-state index in [1.807, 2.05) is 18.2 Å². The third kappa shape index (κ3) is 3.40. The van der Waals surface area contributed by atoms with Gasteiger partial charge in [-0.15, -0.1) is 0 Å². The lowest BCUT2D eigenvalue weighted by molar-refractivity contribution is 0.0474. The molecule has 0 aliphatic carbocycles. The maximum atomic E-state index is 12.0. The van der Waals surface area contributed by atoms with Crippen LogP contribution in [-0.4, -0.2) is 13.1 Å². The Bertz CT molecular complexity index is 900. The molecule has 3 rings (SSSR count). The van der Waals surface area contributed by atoms with Gasteiger partial charge in [0.05, 0.1) is 12.7 Å². The molecule has 0 spiro atoms. The third-order valence-electron chi connectivity index (χ3n) is 3.41. The van der Waals surface area contributed by atoms with Gasteiger partial charge in [0, 0.05) is 17.0 Å². The average molecular weight is 326 g/mol. The summed E-state index contributed by atoms with van der Waals surface area (Å²) in [6.07, 6.45) is 0. The Morgan fingerprint density at radius 1 is 1.13 bits per heavy atom. The van der Waals surface area contributed by atoms with Gasteiger partial charge in [-0.05, 0) is 42.5 Å². The topological polar surface area (TPSA) is 48.7 Å².